The van der Waals surface area contributed by atoms with E-state index in [1.54, 1.807) is 7.05 Å². The van der Waals surface area contributed by atoms with Crippen LogP contribution in [0.25, 0.3) is 0 Å². The number of aromatic nitrogens is 2. The Morgan fingerprint density at radius 1 is 1.19 bits per heavy atom. The first-order chi connectivity index (χ1) is 12.6. The topological polar surface area (TPSA) is 74.5 Å². The van der Waals surface area contributed by atoms with Crippen molar-refractivity contribution in [2.75, 3.05) is 20.2 Å². The third kappa shape index (κ3) is 6.21. The van der Waals surface area contributed by atoms with Gasteiger partial charge in [-0.3, -0.25) is 9.67 Å². The van der Waals surface area contributed by atoms with Crippen LogP contribution >= 0.6 is 24.0 Å². The molecule has 0 saturated heterocycles. The fraction of sp³-hybridized carbons (Fsp3) is 0.500. The number of hydrogen-bond acceptors (Lipinski definition) is 3. The van der Waals surface area contributed by atoms with Crippen LogP contribution in [0.5, 0.6) is 0 Å². The Morgan fingerprint density at radius 2 is 1.89 bits per heavy atom. The van der Waals surface area contributed by atoms with Gasteiger partial charge in [-0.1, -0.05) is 44.2 Å². The lowest BCUT2D eigenvalue weighted by Crippen LogP contribution is -2.39. The molecule has 0 aliphatic rings. The first-order valence-corrected chi connectivity index (χ1v) is 9.28. The highest BCUT2D eigenvalue weighted by Crippen LogP contribution is 2.15. The number of aliphatic imine (C=N–C) groups is 1. The zero-order chi connectivity index (χ0) is 18.9. The van der Waals surface area contributed by atoms with Crippen molar-refractivity contribution >= 4 is 29.9 Å². The molecule has 0 spiro atoms. The molecule has 0 aliphatic heterocycles. The molecule has 0 radical (unpaired) electrons. The van der Waals surface area contributed by atoms with Gasteiger partial charge in [0, 0.05) is 44.4 Å². The van der Waals surface area contributed by atoms with Crippen LogP contribution < -0.4 is 10.6 Å². The Balaban J connectivity index is 0.00000364. The molecule has 0 saturated carbocycles. The van der Waals surface area contributed by atoms with Gasteiger partial charge >= 0.3 is 0 Å². The molecule has 7 heteroatoms. The molecule has 1 atom stereocenters. The minimum absolute atomic E-state index is 0. The summed E-state index contributed by atoms with van der Waals surface area (Å²) in [5, 5.41) is 21.0. The summed E-state index contributed by atoms with van der Waals surface area (Å²) < 4.78 is 1.98. The Labute approximate surface area is 179 Å². The van der Waals surface area contributed by atoms with Crippen molar-refractivity contribution in [1.82, 2.24) is 20.4 Å². The van der Waals surface area contributed by atoms with Crippen molar-refractivity contribution in [2.45, 2.75) is 39.2 Å². The van der Waals surface area contributed by atoms with E-state index in [9.17, 15) is 5.11 Å². The Hall–Kier alpha value is -1.61. The lowest BCUT2D eigenvalue weighted by Gasteiger charge is -2.18. The summed E-state index contributed by atoms with van der Waals surface area (Å²) in [7, 11) is 3.76. The number of nitrogens with one attached hydrogen (secondary N) is 2. The summed E-state index contributed by atoms with van der Waals surface area (Å²) in [5.41, 5.74) is 4.75. The Bertz CT molecular complexity index is 715. The highest BCUT2D eigenvalue weighted by atomic mass is 127. The predicted molar refractivity (Wildman–Crippen MR) is 122 cm³/mol. The van der Waals surface area contributed by atoms with Crippen LogP contribution in [0.2, 0.25) is 0 Å². The number of aryl methyl sites for hydroxylation is 2. The molecular weight excluding hydrogens is 453 g/mol. The smallest absolute Gasteiger partial charge is 0.191 e. The van der Waals surface area contributed by atoms with Crippen molar-refractivity contribution < 1.29 is 5.11 Å². The van der Waals surface area contributed by atoms with Gasteiger partial charge in [-0.25, -0.2) is 0 Å². The molecule has 6 nitrogen and oxygen atoms in total. The van der Waals surface area contributed by atoms with Crippen molar-refractivity contribution in [3.8, 4) is 0 Å². The molecule has 27 heavy (non-hydrogen) atoms. The second kappa shape index (κ2) is 12.0. The zero-order valence-electron chi connectivity index (χ0n) is 16.7. The molecule has 1 aromatic carbocycles. The van der Waals surface area contributed by atoms with Crippen LogP contribution in [0, 0.1) is 0 Å². The van der Waals surface area contributed by atoms with E-state index < -0.39 is 0 Å². The van der Waals surface area contributed by atoms with Crippen molar-refractivity contribution in [3.05, 3.63) is 52.8 Å². The van der Waals surface area contributed by atoms with E-state index in [4.69, 9.17) is 0 Å². The van der Waals surface area contributed by atoms with Crippen molar-refractivity contribution in [3.63, 3.8) is 0 Å². The number of benzene rings is 1. The molecule has 150 valence electrons. The maximum atomic E-state index is 9.70. The lowest BCUT2D eigenvalue weighted by atomic mass is 10.0. The standard InChI is InChI=1S/C20H31N5O.HI/c1-5-18-17(19(6-2)25(4)24-18)13-23-20(21-3)22-12-16(14-26)15-10-8-7-9-11-15;/h7-11,16,26H,5-6,12-14H2,1-4H3,(H2,21,22,23);1H. The quantitative estimate of drug-likeness (QED) is 0.306. The highest BCUT2D eigenvalue weighted by Gasteiger charge is 2.15. The summed E-state index contributed by atoms with van der Waals surface area (Å²) in [6.45, 7) is 5.68. The number of hydrogen-bond donors (Lipinski definition) is 3. The normalized spacial score (nSPS) is 12.4. The molecular formula is C20H32IN5O. The second-order valence-electron chi connectivity index (χ2n) is 6.30. The van der Waals surface area contributed by atoms with Crippen molar-refractivity contribution in [1.29, 1.82) is 0 Å². The van der Waals surface area contributed by atoms with Gasteiger partial charge in [0.2, 0.25) is 0 Å². The maximum absolute atomic E-state index is 9.70. The zero-order valence-corrected chi connectivity index (χ0v) is 19.0. The molecule has 2 rings (SSSR count). The van der Waals surface area contributed by atoms with E-state index >= 15 is 0 Å². The second-order valence-corrected chi connectivity index (χ2v) is 6.30. The molecule has 2 aromatic rings. The van der Waals surface area contributed by atoms with Crippen LogP contribution in [0.1, 0.15) is 42.3 Å². The molecule has 0 aliphatic carbocycles. The fourth-order valence-corrected chi connectivity index (χ4v) is 3.22. The van der Waals surface area contributed by atoms with E-state index in [0.29, 0.717) is 13.1 Å². The summed E-state index contributed by atoms with van der Waals surface area (Å²) in [6.07, 6.45) is 1.87. The van der Waals surface area contributed by atoms with Gasteiger partial charge in [0.05, 0.1) is 12.3 Å². The average Bonchev–Trinajstić information content (AvgIpc) is 3.00. The van der Waals surface area contributed by atoms with Crippen LogP contribution in [0.15, 0.2) is 35.3 Å². The summed E-state index contributed by atoms with van der Waals surface area (Å²) in [6, 6.07) is 10.0. The first kappa shape index (κ1) is 23.4. The van der Waals surface area contributed by atoms with Crippen LogP contribution in [-0.4, -0.2) is 41.0 Å². The number of nitrogens with zero attached hydrogens (tertiary/aromatic N) is 3. The number of guanidine groups is 1. The first-order valence-electron chi connectivity index (χ1n) is 9.28. The van der Waals surface area contributed by atoms with E-state index in [-0.39, 0.29) is 36.5 Å². The van der Waals surface area contributed by atoms with E-state index in [1.165, 1.54) is 11.3 Å². The molecule has 1 heterocycles. The number of aliphatic hydroxyl groups is 1. The lowest BCUT2D eigenvalue weighted by molar-refractivity contribution is 0.265. The third-order valence-corrected chi connectivity index (χ3v) is 4.69. The predicted octanol–water partition coefficient (Wildman–Crippen LogP) is 2.60. The number of rotatable bonds is 8. The van der Waals surface area contributed by atoms with Gasteiger partial charge in [-0.15, -0.1) is 24.0 Å². The minimum atomic E-state index is 0. The summed E-state index contributed by atoms with van der Waals surface area (Å²) in [4.78, 5) is 4.31. The van der Waals surface area contributed by atoms with Gasteiger partial charge in [0.1, 0.15) is 0 Å². The largest absolute Gasteiger partial charge is 0.396 e. The van der Waals surface area contributed by atoms with Crippen molar-refractivity contribution in [2.24, 2.45) is 12.0 Å². The maximum Gasteiger partial charge on any atom is 0.191 e. The van der Waals surface area contributed by atoms with Crippen LogP contribution in [0.4, 0.5) is 0 Å². The number of halogens is 1. The molecule has 1 unspecified atom stereocenters. The molecule has 3 N–H and O–H groups in total. The SMILES string of the molecule is CCc1nn(C)c(CC)c1CNC(=NC)NCC(CO)c1ccccc1.I. The van der Waals surface area contributed by atoms with Gasteiger partial charge < -0.3 is 15.7 Å². The average molecular weight is 485 g/mol. The van der Waals surface area contributed by atoms with Gasteiger partial charge in [-0.2, -0.15) is 5.10 Å². The van der Waals surface area contributed by atoms with Crippen LogP contribution in [-0.2, 0) is 26.4 Å². The Kier molecular flexibility index (Phi) is 10.4. The van der Waals surface area contributed by atoms with Gasteiger partial charge in [-0.05, 0) is 18.4 Å². The Morgan fingerprint density at radius 3 is 2.44 bits per heavy atom. The van der Waals surface area contributed by atoms with Gasteiger partial charge in [0.25, 0.3) is 0 Å². The summed E-state index contributed by atoms with van der Waals surface area (Å²) in [5.74, 6) is 0.762. The highest BCUT2D eigenvalue weighted by molar-refractivity contribution is 14.0. The minimum Gasteiger partial charge on any atom is -0.396 e. The third-order valence-electron chi connectivity index (χ3n) is 4.69. The fourth-order valence-electron chi connectivity index (χ4n) is 3.22. The summed E-state index contributed by atoms with van der Waals surface area (Å²) >= 11 is 0. The van der Waals surface area contributed by atoms with Crippen LogP contribution in [0.3, 0.4) is 0 Å². The van der Waals surface area contributed by atoms with E-state index in [2.05, 4.69) is 34.6 Å². The molecule has 0 amide bonds. The monoisotopic (exact) mass is 485 g/mol. The van der Waals surface area contributed by atoms with E-state index in [0.717, 1.165) is 30.1 Å². The molecule has 0 fully saturated rings. The van der Waals surface area contributed by atoms with Gasteiger partial charge in [0.15, 0.2) is 5.96 Å². The van der Waals surface area contributed by atoms with E-state index in [1.807, 2.05) is 42.1 Å². The molecule has 1 aromatic heterocycles. The molecule has 0 bridgehead atoms. The number of aliphatic hydroxyl groups excluding tert-OH is 1.